The van der Waals surface area contributed by atoms with Crippen LogP contribution in [0.25, 0.3) is 0 Å². The second kappa shape index (κ2) is 6.91. The van der Waals surface area contributed by atoms with Crippen molar-refractivity contribution in [3.63, 3.8) is 0 Å². The average Bonchev–Trinajstić information content (AvgIpc) is 2.47. The second-order valence-corrected chi connectivity index (χ2v) is 6.96. The lowest BCUT2D eigenvalue weighted by molar-refractivity contribution is 0.0773. The van der Waals surface area contributed by atoms with Crippen LogP contribution >= 0.6 is 0 Å². The molecule has 0 atom stereocenters. The molecular weight excluding hydrogens is 290 g/mol. The van der Waals surface area contributed by atoms with Crippen molar-refractivity contribution in [1.29, 1.82) is 0 Å². The highest BCUT2D eigenvalue weighted by molar-refractivity contribution is 7.90. The summed E-state index contributed by atoms with van der Waals surface area (Å²) in [6.07, 6.45) is 0. The summed E-state index contributed by atoms with van der Waals surface area (Å²) in [6.45, 7) is 5.14. The first kappa shape index (κ1) is 17.5. The Labute approximate surface area is 127 Å². The van der Waals surface area contributed by atoms with Crippen LogP contribution in [0.2, 0.25) is 0 Å². The van der Waals surface area contributed by atoms with Gasteiger partial charge in [-0.3, -0.25) is 9.10 Å². The molecule has 0 aliphatic heterocycles. The Kier molecular flexibility index (Phi) is 5.74. The molecular formula is C14H23N3O3S. The molecule has 0 aromatic heterocycles. The standard InChI is InChI=1S/C14H23N3O3S/c1-6-17(7-2)14(18)12-8-10-13(11-9-12)16(5)21(19,20)15(3)4/h8-11H,6-7H2,1-5H3. The Morgan fingerprint density at radius 1 is 1.00 bits per heavy atom. The number of hydrogen-bond acceptors (Lipinski definition) is 3. The molecule has 0 spiro atoms. The summed E-state index contributed by atoms with van der Waals surface area (Å²) >= 11 is 0. The lowest BCUT2D eigenvalue weighted by Crippen LogP contribution is -2.37. The van der Waals surface area contributed by atoms with Crippen molar-refractivity contribution in [2.75, 3.05) is 38.5 Å². The van der Waals surface area contributed by atoms with Gasteiger partial charge in [-0.2, -0.15) is 12.7 Å². The van der Waals surface area contributed by atoms with E-state index in [1.54, 1.807) is 29.2 Å². The number of hydrogen-bond donors (Lipinski definition) is 0. The van der Waals surface area contributed by atoms with Crippen LogP contribution in [0.15, 0.2) is 24.3 Å². The van der Waals surface area contributed by atoms with E-state index in [2.05, 4.69) is 0 Å². The predicted molar refractivity (Wildman–Crippen MR) is 84.7 cm³/mol. The van der Waals surface area contributed by atoms with E-state index >= 15 is 0 Å². The molecule has 0 aliphatic rings. The van der Waals surface area contributed by atoms with Crippen LogP contribution in [0.4, 0.5) is 5.69 Å². The van der Waals surface area contributed by atoms with Crippen LogP contribution in [-0.2, 0) is 10.2 Å². The molecule has 118 valence electrons. The largest absolute Gasteiger partial charge is 0.339 e. The van der Waals surface area contributed by atoms with E-state index in [1.807, 2.05) is 13.8 Å². The van der Waals surface area contributed by atoms with E-state index in [0.29, 0.717) is 24.3 Å². The van der Waals surface area contributed by atoms with Gasteiger partial charge in [-0.1, -0.05) is 0 Å². The summed E-state index contributed by atoms with van der Waals surface area (Å²) in [4.78, 5) is 13.9. The van der Waals surface area contributed by atoms with Gasteiger partial charge in [0.15, 0.2) is 0 Å². The smallest absolute Gasteiger partial charge is 0.303 e. The Morgan fingerprint density at radius 2 is 1.48 bits per heavy atom. The zero-order valence-electron chi connectivity index (χ0n) is 13.2. The van der Waals surface area contributed by atoms with Crippen molar-refractivity contribution < 1.29 is 13.2 Å². The van der Waals surface area contributed by atoms with Gasteiger partial charge in [-0.15, -0.1) is 0 Å². The average molecular weight is 313 g/mol. The molecule has 0 saturated carbocycles. The Hall–Kier alpha value is -1.60. The molecule has 1 rings (SSSR count). The Morgan fingerprint density at radius 3 is 1.86 bits per heavy atom. The third-order valence-corrected chi connectivity index (χ3v) is 5.16. The van der Waals surface area contributed by atoms with Crippen LogP contribution in [-0.4, -0.2) is 57.8 Å². The van der Waals surface area contributed by atoms with Crippen molar-refractivity contribution >= 4 is 21.8 Å². The zero-order valence-corrected chi connectivity index (χ0v) is 14.0. The number of nitrogens with zero attached hydrogens (tertiary/aromatic N) is 3. The number of amides is 1. The minimum Gasteiger partial charge on any atom is -0.339 e. The predicted octanol–water partition coefficient (Wildman–Crippen LogP) is 1.41. The van der Waals surface area contributed by atoms with Gasteiger partial charge in [-0.25, -0.2) is 0 Å². The van der Waals surface area contributed by atoms with Gasteiger partial charge in [0.25, 0.3) is 5.91 Å². The van der Waals surface area contributed by atoms with Crippen molar-refractivity contribution in [2.45, 2.75) is 13.8 Å². The number of benzene rings is 1. The highest BCUT2D eigenvalue weighted by Gasteiger charge is 2.21. The normalized spacial score (nSPS) is 11.5. The van der Waals surface area contributed by atoms with Crippen molar-refractivity contribution in [1.82, 2.24) is 9.21 Å². The number of anilines is 1. The van der Waals surface area contributed by atoms with E-state index in [1.165, 1.54) is 25.4 Å². The molecule has 0 radical (unpaired) electrons. The molecule has 1 aromatic carbocycles. The van der Waals surface area contributed by atoms with Gasteiger partial charge in [0.05, 0.1) is 5.69 Å². The van der Waals surface area contributed by atoms with E-state index in [9.17, 15) is 13.2 Å². The van der Waals surface area contributed by atoms with E-state index in [-0.39, 0.29) is 5.91 Å². The van der Waals surface area contributed by atoms with E-state index in [0.717, 1.165) is 4.31 Å². The molecule has 0 heterocycles. The second-order valence-electron chi connectivity index (χ2n) is 4.78. The number of carbonyl (C=O) groups excluding carboxylic acids is 1. The summed E-state index contributed by atoms with van der Waals surface area (Å²) in [7, 11) is 0.918. The van der Waals surface area contributed by atoms with Gasteiger partial charge in [0.1, 0.15) is 0 Å². The maximum absolute atomic E-state index is 12.2. The topological polar surface area (TPSA) is 60.9 Å². The van der Waals surface area contributed by atoms with E-state index < -0.39 is 10.2 Å². The van der Waals surface area contributed by atoms with Crippen molar-refractivity contribution in [3.8, 4) is 0 Å². The molecule has 0 N–H and O–H groups in total. The van der Waals surface area contributed by atoms with Gasteiger partial charge < -0.3 is 4.90 Å². The molecule has 7 heteroatoms. The van der Waals surface area contributed by atoms with Crippen LogP contribution in [0.5, 0.6) is 0 Å². The summed E-state index contributed by atoms with van der Waals surface area (Å²) in [5.41, 5.74) is 1.07. The zero-order chi connectivity index (χ0) is 16.2. The molecule has 0 unspecified atom stereocenters. The maximum atomic E-state index is 12.2. The molecule has 0 bridgehead atoms. The fourth-order valence-corrected chi connectivity index (χ4v) is 2.76. The third kappa shape index (κ3) is 3.74. The van der Waals surface area contributed by atoms with Gasteiger partial charge >= 0.3 is 10.2 Å². The SMILES string of the molecule is CCN(CC)C(=O)c1ccc(N(C)S(=O)(=O)N(C)C)cc1. The van der Waals surface area contributed by atoms with Gasteiger partial charge in [-0.05, 0) is 38.1 Å². The number of rotatable bonds is 6. The Balaban J connectivity index is 3.01. The summed E-state index contributed by atoms with van der Waals surface area (Å²) in [6, 6.07) is 6.57. The lowest BCUT2D eigenvalue weighted by Gasteiger charge is -2.23. The summed E-state index contributed by atoms with van der Waals surface area (Å²) < 4.78 is 26.4. The van der Waals surface area contributed by atoms with Crippen LogP contribution < -0.4 is 4.31 Å². The highest BCUT2D eigenvalue weighted by atomic mass is 32.2. The van der Waals surface area contributed by atoms with Crippen LogP contribution in [0.3, 0.4) is 0 Å². The molecule has 6 nitrogen and oxygen atoms in total. The monoisotopic (exact) mass is 313 g/mol. The van der Waals surface area contributed by atoms with Crippen LogP contribution in [0, 0.1) is 0 Å². The third-order valence-electron chi connectivity index (χ3n) is 3.34. The first-order valence-electron chi connectivity index (χ1n) is 6.81. The molecule has 21 heavy (non-hydrogen) atoms. The van der Waals surface area contributed by atoms with E-state index in [4.69, 9.17) is 0 Å². The van der Waals surface area contributed by atoms with Crippen LogP contribution in [0.1, 0.15) is 24.2 Å². The fourth-order valence-electron chi connectivity index (χ4n) is 1.89. The molecule has 0 aliphatic carbocycles. The van der Waals surface area contributed by atoms with Crippen molar-refractivity contribution in [2.24, 2.45) is 0 Å². The van der Waals surface area contributed by atoms with Crippen molar-refractivity contribution in [3.05, 3.63) is 29.8 Å². The van der Waals surface area contributed by atoms with Gasteiger partial charge in [0.2, 0.25) is 0 Å². The minimum absolute atomic E-state index is 0.0512. The Bertz CT molecular complexity index is 578. The lowest BCUT2D eigenvalue weighted by atomic mass is 10.2. The highest BCUT2D eigenvalue weighted by Crippen LogP contribution is 2.18. The number of carbonyl (C=O) groups is 1. The minimum atomic E-state index is -3.52. The molecule has 0 fully saturated rings. The fraction of sp³-hybridized carbons (Fsp3) is 0.500. The van der Waals surface area contributed by atoms with Gasteiger partial charge in [0, 0.05) is 39.8 Å². The first-order chi connectivity index (χ1) is 9.75. The molecule has 0 saturated heterocycles. The molecule has 1 amide bonds. The quantitative estimate of drug-likeness (QED) is 0.798. The maximum Gasteiger partial charge on any atom is 0.303 e. The first-order valence-corrected chi connectivity index (χ1v) is 8.21. The summed E-state index contributed by atoms with van der Waals surface area (Å²) in [5.74, 6) is -0.0512. The molecule has 1 aromatic rings. The summed E-state index contributed by atoms with van der Waals surface area (Å²) in [5, 5.41) is 0.